The van der Waals surface area contributed by atoms with E-state index in [1.54, 1.807) is 12.1 Å². The molecule has 94 valence electrons. The van der Waals surface area contributed by atoms with Gasteiger partial charge in [-0.05, 0) is 34.1 Å². The summed E-state index contributed by atoms with van der Waals surface area (Å²) in [5.74, 6) is 0.876. The van der Waals surface area contributed by atoms with Crippen LogP contribution in [0.25, 0.3) is 0 Å². The number of nitrogens with zero attached hydrogens (tertiary/aromatic N) is 2. The molecule has 0 radical (unpaired) electrons. The van der Waals surface area contributed by atoms with Crippen molar-refractivity contribution in [1.29, 1.82) is 0 Å². The van der Waals surface area contributed by atoms with Crippen molar-refractivity contribution in [3.8, 4) is 5.75 Å². The highest BCUT2D eigenvalue weighted by Crippen LogP contribution is 2.34. The first-order valence-electron chi connectivity index (χ1n) is 4.88. The Morgan fingerprint density at radius 2 is 2.06 bits per heavy atom. The maximum atomic E-state index is 5.91. The monoisotopic (exact) mass is 347 g/mol. The molecule has 0 bridgehead atoms. The highest BCUT2D eigenvalue weighted by Gasteiger charge is 2.11. The molecule has 0 atom stereocenters. The fourth-order valence-electron chi connectivity index (χ4n) is 1.34. The maximum Gasteiger partial charge on any atom is 0.199 e. The van der Waals surface area contributed by atoms with E-state index in [2.05, 4.69) is 31.2 Å². The first-order valence-corrected chi connectivity index (χ1v) is 6.43. The van der Waals surface area contributed by atoms with Crippen LogP contribution in [-0.2, 0) is 0 Å². The lowest BCUT2D eigenvalue weighted by Crippen LogP contribution is -1.99. The molecule has 0 aliphatic heterocycles. The standard InChI is InChI=1S/C11H8BrCl2N3O/c1-18-9-10(14)15-5-16-11(9)17-8-3-2-6(13)4-7(8)12/h2-5H,1H3,(H,15,16,17). The zero-order valence-corrected chi connectivity index (χ0v) is 12.3. The number of halogens is 3. The first kappa shape index (κ1) is 13.4. The number of hydrogen-bond donors (Lipinski definition) is 1. The average molecular weight is 349 g/mol. The second-order valence-corrected chi connectivity index (χ2v) is 4.94. The van der Waals surface area contributed by atoms with Crippen LogP contribution in [-0.4, -0.2) is 17.1 Å². The summed E-state index contributed by atoms with van der Waals surface area (Å²) >= 11 is 15.2. The molecular weight excluding hydrogens is 341 g/mol. The Kier molecular flexibility index (Phi) is 4.27. The molecule has 1 heterocycles. The summed E-state index contributed by atoms with van der Waals surface area (Å²) in [6.45, 7) is 0. The van der Waals surface area contributed by atoms with Crippen molar-refractivity contribution < 1.29 is 4.74 Å². The van der Waals surface area contributed by atoms with E-state index < -0.39 is 0 Å². The number of nitrogens with one attached hydrogen (secondary N) is 1. The number of aromatic nitrogens is 2. The van der Waals surface area contributed by atoms with Crippen molar-refractivity contribution in [3.05, 3.63) is 39.2 Å². The summed E-state index contributed by atoms with van der Waals surface area (Å²) in [6.07, 6.45) is 1.36. The van der Waals surface area contributed by atoms with Crippen molar-refractivity contribution in [3.63, 3.8) is 0 Å². The number of anilines is 2. The van der Waals surface area contributed by atoms with Gasteiger partial charge >= 0.3 is 0 Å². The molecule has 0 saturated heterocycles. The van der Waals surface area contributed by atoms with Gasteiger partial charge < -0.3 is 10.1 Å². The minimum Gasteiger partial charge on any atom is -0.490 e. The fourth-order valence-corrected chi connectivity index (χ4v) is 2.33. The minimum absolute atomic E-state index is 0.250. The summed E-state index contributed by atoms with van der Waals surface area (Å²) < 4.78 is 5.96. The van der Waals surface area contributed by atoms with Crippen molar-refractivity contribution in [2.45, 2.75) is 0 Å². The third kappa shape index (κ3) is 2.85. The molecule has 18 heavy (non-hydrogen) atoms. The molecule has 2 aromatic rings. The van der Waals surface area contributed by atoms with Gasteiger partial charge in [0.05, 0.1) is 12.8 Å². The number of hydrogen-bond acceptors (Lipinski definition) is 4. The Balaban J connectivity index is 2.37. The zero-order chi connectivity index (χ0) is 13.1. The third-order valence-corrected chi connectivity index (χ3v) is 3.31. The molecule has 0 aliphatic rings. The van der Waals surface area contributed by atoms with Crippen LogP contribution in [0.15, 0.2) is 29.0 Å². The molecule has 0 aliphatic carbocycles. The second kappa shape index (κ2) is 5.73. The van der Waals surface area contributed by atoms with Gasteiger partial charge in [0.2, 0.25) is 0 Å². The Morgan fingerprint density at radius 1 is 1.28 bits per heavy atom. The molecular formula is C11H8BrCl2N3O. The van der Waals surface area contributed by atoms with Gasteiger partial charge in [0.25, 0.3) is 0 Å². The van der Waals surface area contributed by atoms with Crippen LogP contribution in [0.4, 0.5) is 11.5 Å². The van der Waals surface area contributed by atoms with Crippen molar-refractivity contribution >= 4 is 50.6 Å². The van der Waals surface area contributed by atoms with Gasteiger partial charge in [0.15, 0.2) is 16.7 Å². The van der Waals surface area contributed by atoms with E-state index in [9.17, 15) is 0 Å². The smallest absolute Gasteiger partial charge is 0.199 e. The van der Waals surface area contributed by atoms with Gasteiger partial charge in [-0.15, -0.1) is 0 Å². The summed E-state index contributed by atoms with van der Waals surface area (Å²) in [5, 5.41) is 3.98. The van der Waals surface area contributed by atoms with E-state index in [1.807, 2.05) is 6.07 Å². The van der Waals surface area contributed by atoms with Crippen molar-refractivity contribution in [2.75, 3.05) is 12.4 Å². The first-order chi connectivity index (χ1) is 8.61. The van der Waals surface area contributed by atoms with Crippen LogP contribution in [0.3, 0.4) is 0 Å². The number of methoxy groups -OCH3 is 1. The van der Waals surface area contributed by atoms with Gasteiger partial charge in [-0.3, -0.25) is 0 Å². The average Bonchev–Trinajstić information content (AvgIpc) is 2.33. The topological polar surface area (TPSA) is 47.0 Å². The Bertz CT molecular complexity index is 580. The molecule has 2 rings (SSSR count). The largest absolute Gasteiger partial charge is 0.490 e. The molecule has 0 unspecified atom stereocenters. The number of rotatable bonds is 3. The lowest BCUT2D eigenvalue weighted by atomic mass is 10.3. The quantitative estimate of drug-likeness (QED) is 0.840. The molecule has 4 nitrogen and oxygen atoms in total. The summed E-state index contributed by atoms with van der Waals surface area (Å²) in [7, 11) is 1.51. The van der Waals surface area contributed by atoms with Gasteiger partial charge in [-0.2, -0.15) is 0 Å². The van der Waals surface area contributed by atoms with Crippen LogP contribution in [0, 0.1) is 0 Å². The fraction of sp³-hybridized carbons (Fsp3) is 0.0909. The lowest BCUT2D eigenvalue weighted by molar-refractivity contribution is 0.413. The Hall–Kier alpha value is -1.04. The zero-order valence-electron chi connectivity index (χ0n) is 9.25. The predicted molar refractivity (Wildman–Crippen MR) is 76.0 cm³/mol. The van der Waals surface area contributed by atoms with E-state index in [-0.39, 0.29) is 5.15 Å². The molecule has 0 amide bonds. The van der Waals surface area contributed by atoms with Crippen LogP contribution in [0.2, 0.25) is 10.2 Å². The van der Waals surface area contributed by atoms with Crippen LogP contribution < -0.4 is 10.1 Å². The Morgan fingerprint density at radius 3 is 2.72 bits per heavy atom. The van der Waals surface area contributed by atoms with E-state index >= 15 is 0 Å². The normalized spacial score (nSPS) is 10.2. The molecule has 0 spiro atoms. The maximum absolute atomic E-state index is 5.91. The van der Waals surface area contributed by atoms with E-state index in [0.29, 0.717) is 16.6 Å². The number of ether oxygens (including phenoxy) is 1. The molecule has 0 fully saturated rings. The van der Waals surface area contributed by atoms with Gasteiger partial charge in [0, 0.05) is 9.50 Å². The molecule has 1 N–H and O–H groups in total. The van der Waals surface area contributed by atoms with E-state index in [0.717, 1.165) is 10.2 Å². The number of benzene rings is 1. The molecule has 0 saturated carbocycles. The second-order valence-electron chi connectivity index (χ2n) is 3.30. The van der Waals surface area contributed by atoms with E-state index in [4.69, 9.17) is 27.9 Å². The van der Waals surface area contributed by atoms with Gasteiger partial charge in [-0.25, -0.2) is 9.97 Å². The Labute approximate surface area is 122 Å². The van der Waals surface area contributed by atoms with Crippen molar-refractivity contribution in [2.24, 2.45) is 0 Å². The minimum atomic E-state index is 0.250. The van der Waals surface area contributed by atoms with Crippen LogP contribution in [0.5, 0.6) is 5.75 Å². The summed E-state index contributed by atoms with van der Waals surface area (Å²) in [4.78, 5) is 7.93. The van der Waals surface area contributed by atoms with E-state index in [1.165, 1.54) is 13.4 Å². The molecule has 1 aromatic heterocycles. The lowest BCUT2D eigenvalue weighted by Gasteiger charge is -2.11. The SMILES string of the molecule is COc1c(Cl)ncnc1Nc1ccc(Cl)cc1Br. The summed E-state index contributed by atoms with van der Waals surface area (Å²) in [5.41, 5.74) is 0.799. The third-order valence-electron chi connectivity index (χ3n) is 2.15. The van der Waals surface area contributed by atoms with Gasteiger partial charge in [-0.1, -0.05) is 23.2 Å². The van der Waals surface area contributed by atoms with Crippen LogP contribution in [0.1, 0.15) is 0 Å². The highest BCUT2D eigenvalue weighted by atomic mass is 79.9. The van der Waals surface area contributed by atoms with Gasteiger partial charge in [0.1, 0.15) is 6.33 Å². The van der Waals surface area contributed by atoms with Crippen LogP contribution >= 0.6 is 39.1 Å². The molecule has 1 aromatic carbocycles. The van der Waals surface area contributed by atoms with Crippen molar-refractivity contribution in [1.82, 2.24) is 9.97 Å². The molecule has 7 heteroatoms. The summed E-state index contributed by atoms with van der Waals surface area (Å²) in [6, 6.07) is 5.37. The highest BCUT2D eigenvalue weighted by molar-refractivity contribution is 9.10. The predicted octanol–water partition coefficient (Wildman–Crippen LogP) is 4.30.